The fraction of sp³-hybridized carbons (Fsp3) is 0.348. The molecule has 4 rings (SSSR count). The third-order valence-electron chi connectivity index (χ3n) is 4.67. The number of aromatic nitrogens is 1. The van der Waals surface area contributed by atoms with Crippen LogP contribution in [0.3, 0.4) is 0 Å². The highest BCUT2D eigenvalue weighted by atomic mass is 32.2. The molecule has 32 heavy (non-hydrogen) atoms. The topological polar surface area (TPSA) is 101 Å². The zero-order valence-corrected chi connectivity index (χ0v) is 18.7. The molecule has 0 bridgehead atoms. The molecule has 172 valence electrons. The maximum absolute atomic E-state index is 13.7. The molecular weight excluding hydrogens is 434 g/mol. The van der Waals surface area contributed by atoms with E-state index in [4.69, 9.17) is 5.11 Å². The van der Waals surface area contributed by atoms with Crippen LogP contribution in [0, 0.1) is 11.6 Å². The first-order valence-corrected chi connectivity index (χ1v) is 11.2. The molecule has 1 aromatic heterocycles. The van der Waals surface area contributed by atoms with Crippen LogP contribution in [0.25, 0.3) is 0 Å². The van der Waals surface area contributed by atoms with Crippen molar-refractivity contribution < 1.29 is 18.7 Å². The first-order chi connectivity index (χ1) is 15.5. The fourth-order valence-electron chi connectivity index (χ4n) is 3.05. The zero-order chi connectivity index (χ0) is 23.3. The van der Waals surface area contributed by atoms with Gasteiger partial charge in [-0.05, 0) is 49.6 Å². The molecule has 0 spiro atoms. The molecule has 1 aliphatic heterocycles. The van der Waals surface area contributed by atoms with Crippen LogP contribution in [0.4, 0.5) is 14.5 Å². The minimum absolute atomic E-state index is 0.0359. The quantitative estimate of drug-likeness (QED) is 0.633. The van der Waals surface area contributed by atoms with E-state index in [1.807, 2.05) is 0 Å². The maximum Gasteiger partial charge on any atom is 0.254 e. The number of halogens is 2. The van der Waals surface area contributed by atoms with Gasteiger partial charge in [0.1, 0.15) is 16.7 Å². The fourth-order valence-corrected chi connectivity index (χ4v) is 3.94. The Morgan fingerprint density at radius 1 is 1.12 bits per heavy atom. The smallest absolute Gasteiger partial charge is 0.254 e. The average Bonchev–Trinajstić information content (AvgIpc) is 2.82. The summed E-state index contributed by atoms with van der Waals surface area (Å²) in [4.78, 5) is 20.1. The number of amides is 1. The Hall–Kier alpha value is -2.62. The number of hydrogen-bond donors (Lipinski definition) is 3. The molecule has 2 aliphatic rings. The highest BCUT2D eigenvalue weighted by Gasteiger charge is 2.20. The lowest BCUT2D eigenvalue weighted by Crippen LogP contribution is -2.19. The number of aliphatic hydroxyl groups is 1. The van der Waals surface area contributed by atoms with Crippen LogP contribution >= 0.6 is 11.8 Å². The number of carbonyl (C=O) groups is 1. The molecule has 0 unspecified atom stereocenters. The van der Waals surface area contributed by atoms with Gasteiger partial charge in [-0.2, -0.15) is 0 Å². The SMILES string of the molecule is CN.O=C(Nc1cccnc1)C1=CSC(c2c(F)cccc2F)=NC1.OC1CCCCC1. The van der Waals surface area contributed by atoms with Gasteiger partial charge in [-0.1, -0.05) is 37.1 Å². The lowest BCUT2D eigenvalue weighted by Gasteiger charge is -2.14. The van der Waals surface area contributed by atoms with E-state index in [1.54, 1.807) is 23.7 Å². The first kappa shape index (κ1) is 25.6. The van der Waals surface area contributed by atoms with Gasteiger partial charge in [0.05, 0.1) is 30.1 Å². The zero-order valence-electron chi connectivity index (χ0n) is 17.9. The number of aliphatic imine (C=N–C) groups is 1. The van der Waals surface area contributed by atoms with Crippen molar-refractivity contribution in [3.05, 3.63) is 70.9 Å². The largest absolute Gasteiger partial charge is 0.393 e. The normalized spacial score (nSPS) is 15.8. The summed E-state index contributed by atoms with van der Waals surface area (Å²) in [7, 11) is 1.50. The number of hydrogen-bond acceptors (Lipinski definition) is 6. The van der Waals surface area contributed by atoms with Crippen molar-refractivity contribution in [2.45, 2.75) is 38.2 Å². The van der Waals surface area contributed by atoms with Crippen LogP contribution in [0.2, 0.25) is 0 Å². The molecule has 0 saturated heterocycles. The van der Waals surface area contributed by atoms with Crippen LogP contribution in [-0.4, -0.2) is 40.7 Å². The minimum atomic E-state index is -0.673. The number of anilines is 1. The van der Waals surface area contributed by atoms with E-state index >= 15 is 0 Å². The van der Waals surface area contributed by atoms with Crippen LogP contribution in [-0.2, 0) is 4.79 Å². The van der Waals surface area contributed by atoms with Crippen molar-refractivity contribution >= 4 is 28.4 Å². The van der Waals surface area contributed by atoms with E-state index in [1.165, 1.54) is 50.7 Å². The monoisotopic (exact) mass is 462 g/mol. The Morgan fingerprint density at radius 3 is 2.31 bits per heavy atom. The number of nitrogens with two attached hydrogens (primary N) is 1. The van der Waals surface area contributed by atoms with Crippen molar-refractivity contribution in [3.63, 3.8) is 0 Å². The van der Waals surface area contributed by atoms with Crippen molar-refractivity contribution in [2.24, 2.45) is 10.7 Å². The Balaban J connectivity index is 0.000000340. The van der Waals surface area contributed by atoms with E-state index in [2.05, 4.69) is 21.0 Å². The Kier molecular flexibility index (Phi) is 11.0. The standard InChI is InChI=1S/C16H11F2N3OS.C6H12O.CH5N/c17-12-4-1-5-13(18)14(12)16-20-7-10(9-23-16)15(22)21-11-3-2-6-19-8-11;7-6-4-2-1-3-5-6;1-2/h1-6,8-9H,7H2,(H,21,22);6-7H,1-5H2;2H2,1H3. The van der Waals surface area contributed by atoms with Gasteiger partial charge >= 0.3 is 0 Å². The van der Waals surface area contributed by atoms with Crippen LogP contribution < -0.4 is 11.1 Å². The van der Waals surface area contributed by atoms with Gasteiger partial charge in [0.15, 0.2) is 0 Å². The molecule has 2 aromatic rings. The van der Waals surface area contributed by atoms with Gasteiger partial charge < -0.3 is 16.2 Å². The number of nitrogens with zero attached hydrogens (tertiary/aromatic N) is 2. The van der Waals surface area contributed by atoms with Gasteiger partial charge in [-0.15, -0.1) is 0 Å². The Labute approximate surface area is 191 Å². The van der Waals surface area contributed by atoms with Crippen molar-refractivity contribution in [2.75, 3.05) is 18.9 Å². The predicted molar refractivity (Wildman–Crippen MR) is 126 cm³/mol. The summed E-state index contributed by atoms with van der Waals surface area (Å²) in [6.45, 7) is 0.0577. The van der Waals surface area contributed by atoms with Gasteiger partial charge in [0.2, 0.25) is 0 Å². The molecular formula is C23H28F2N4O2S. The predicted octanol–water partition coefficient (Wildman–Crippen LogP) is 4.26. The Bertz CT molecular complexity index is 913. The molecule has 2 heterocycles. The second kappa shape index (κ2) is 13.7. The molecule has 1 amide bonds. The van der Waals surface area contributed by atoms with Gasteiger partial charge in [-0.3, -0.25) is 14.8 Å². The molecule has 1 fully saturated rings. The number of thioether (sulfide) groups is 1. The summed E-state index contributed by atoms with van der Waals surface area (Å²) >= 11 is 1.02. The molecule has 0 atom stereocenters. The first-order valence-electron chi connectivity index (χ1n) is 10.4. The number of carbonyl (C=O) groups excluding carboxylic acids is 1. The van der Waals surface area contributed by atoms with Crippen molar-refractivity contribution in [1.29, 1.82) is 0 Å². The molecule has 6 nitrogen and oxygen atoms in total. The molecule has 9 heteroatoms. The number of rotatable bonds is 3. The van der Waals surface area contributed by atoms with E-state index in [9.17, 15) is 13.6 Å². The van der Waals surface area contributed by atoms with E-state index in [-0.39, 0.29) is 29.2 Å². The van der Waals surface area contributed by atoms with E-state index in [0.717, 1.165) is 24.6 Å². The third-order valence-corrected chi connectivity index (χ3v) is 5.63. The summed E-state index contributed by atoms with van der Waals surface area (Å²) < 4.78 is 27.5. The summed E-state index contributed by atoms with van der Waals surface area (Å²) in [5.41, 5.74) is 5.32. The highest BCUT2D eigenvalue weighted by molar-refractivity contribution is 8.17. The third kappa shape index (κ3) is 7.81. The Morgan fingerprint density at radius 2 is 1.81 bits per heavy atom. The van der Waals surface area contributed by atoms with Crippen LogP contribution in [0.1, 0.15) is 37.7 Å². The molecule has 1 saturated carbocycles. The summed E-state index contributed by atoms with van der Waals surface area (Å²) in [5, 5.41) is 13.4. The maximum atomic E-state index is 13.7. The van der Waals surface area contributed by atoms with Crippen molar-refractivity contribution in [3.8, 4) is 0 Å². The highest BCUT2D eigenvalue weighted by Crippen LogP contribution is 2.26. The van der Waals surface area contributed by atoms with Crippen molar-refractivity contribution in [1.82, 2.24) is 4.98 Å². The van der Waals surface area contributed by atoms with Gasteiger partial charge in [0, 0.05) is 11.8 Å². The number of aliphatic hydroxyl groups excluding tert-OH is 1. The number of nitrogens with one attached hydrogen (secondary N) is 1. The van der Waals surface area contributed by atoms with E-state index in [0.29, 0.717) is 11.3 Å². The second-order valence-corrected chi connectivity index (χ2v) is 7.82. The summed E-state index contributed by atoms with van der Waals surface area (Å²) in [6, 6.07) is 7.07. The van der Waals surface area contributed by atoms with Gasteiger partial charge in [-0.25, -0.2) is 8.78 Å². The number of pyridine rings is 1. The summed E-state index contributed by atoms with van der Waals surface area (Å²) in [5.74, 6) is -1.66. The minimum Gasteiger partial charge on any atom is -0.393 e. The second-order valence-electron chi connectivity index (χ2n) is 6.97. The molecule has 1 aliphatic carbocycles. The molecule has 4 N–H and O–H groups in total. The molecule has 1 aromatic carbocycles. The summed E-state index contributed by atoms with van der Waals surface area (Å²) in [6.07, 6.45) is 9.05. The van der Waals surface area contributed by atoms with Crippen LogP contribution in [0.15, 0.2) is 58.7 Å². The lowest BCUT2D eigenvalue weighted by atomic mass is 9.98. The van der Waals surface area contributed by atoms with Gasteiger partial charge in [0.25, 0.3) is 5.91 Å². The molecule has 0 radical (unpaired) electrons. The van der Waals surface area contributed by atoms with E-state index < -0.39 is 11.6 Å². The average molecular weight is 463 g/mol. The lowest BCUT2D eigenvalue weighted by molar-refractivity contribution is -0.112. The van der Waals surface area contributed by atoms with Crippen LogP contribution in [0.5, 0.6) is 0 Å². The number of benzene rings is 1.